The van der Waals surface area contributed by atoms with Gasteiger partial charge in [0.25, 0.3) is 5.91 Å². The number of rotatable bonds is 57. The fourth-order valence-electron chi connectivity index (χ4n) is 8.85. The predicted octanol–water partition coefficient (Wildman–Crippen LogP) is 5.56. The van der Waals surface area contributed by atoms with E-state index >= 15 is 0 Å². The zero-order chi connectivity index (χ0) is 68.2. The molecule has 2 rings (SSSR count). The Morgan fingerprint density at radius 3 is 1.73 bits per heavy atom. The second kappa shape index (κ2) is 54.9. The monoisotopic (exact) mass is 1700 g/mol. The van der Waals surface area contributed by atoms with Crippen molar-refractivity contribution < 1.29 is 90.4 Å². The topological polar surface area (TPSA) is 449 Å². The van der Waals surface area contributed by atoms with Crippen molar-refractivity contribution in [3.63, 3.8) is 0 Å². The van der Waals surface area contributed by atoms with Crippen molar-refractivity contribution in [2.75, 3.05) is 77.4 Å². The van der Waals surface area contributed by atoms with Crippen LogP contribution in [-0.2, 0) is 83.5 Å². The van der Waals surface area contributed by atoms with Crippen LogP contribution >= 0.6 is 59.9 Å². The summed E-state index contributed by atoms with van der Waals surface area (Å²) in [7, 11) is -3.88. The number of tetrazole rings is 1. The molecule has 6 amide bonds. The van der Waals surface area contributed by atoms with Crippen LogP contribution in [-0.4, -0.2) is 182 Å². The van der Waals surface area contributed by atoms with E-state index in [4.69, 9.17) is 30.4 Å². The number of nitrogens with one attached hydrogen (secondary N) is 6. The Morgan fingerprint density at radius 1 is 0.554 bits per heavy atom. The first-order valence-corrected chi connectivity index (χ1v) is 46.3. The molecule has 0 radical (unpaired) electrons. The van der Waals surface area contributed by atoms with E-state index in [1.165, 1.54) is 44.9 Å². The van der Waals surface area contributed by atoms with Crippen LogP contribution in [0.5, 0.6) is 0 Å². The van der Waals surface area contributed by atoms with Gasteiger partial charge in [0.15, 0.2) is 11.6 Å². The number of aromatic amines is 1. The van der Waals surface area contributed by atoms with Gasteiger partial charge >= 0.3 is 76.8 Å². The van der Waals surface area contributed by atoms with Crippen LogP contribution < -0.4 is 37.5 Å². The number of anilines is 1. The van der Waals surface area contributed by atoms with Crippen molar-refractivity contribution in [1.82, 2.24) is 46.6 Å². The number of nitrogens with zero attached hydrogens (tertiary/aromatic N) is 3. The molecule has 0 aliphatic rings. The van der Waals surface area contributed by atoms with Crippen LogP contribution in [0.25, 0.3) is 0 Å². The number of benzene rings is 1. The third-order valence-corrected chi connectivity index (χ3v) is 15.1. The van der Waals surface area contributed by atoms with Crippen molar-refractivity contribution in [1.29, 1.82) is 0 Å². The Hall–Kier alpha value is -4.25. The number of Topliss-reactive ketones (excluding diaryl/α,β-unsaturated/α-hetero) is 2. The molecule has 29 nitrogen and oxygen atoms in total. The molecule has 0 saturated carbocycles. The number of nitrogen functional groups attached to an aromatic ring is 1. The second-order valence-corrected chi connectivity index (χ2v) is 58.8. The van der Waals surface area contributed by atoms with Gasteiger partial charge in [-0.05, 0) is 82.1 Å². The number of aromatic nitrogens is 4. The zero-order valence-electron chi connectivity index (χ0n) is 52.3. The van der Waals surface area contributed by atoms with E-state index in [1.54, 1.807) is 24.3 Å². The number of H-pyrrole nitrogens is 1. The van der Waals surface area contributed by atoms with Gasteiger partial charge in [-0.1, -0.05) is 75.8 Å². The maximum atomic E-state index is 12.6. The van der Waals surface area contributed by atoms with Crippen molar-refractivity contribution in [2.24, 2.45) is 11.7 Å². The quantitative estimate of drug-likeness (QED) is 0.0220. The molecule has 1 heterocycles. The van der Waals surface area contributed by atoms with Gasteiger partial charge in [-0.3, -0.25) is 47.9 Å². The third-order valence-electron chi connectivity index (χ3n) is 13.8. The van der Waals surface area contributed by atoms with Crippen LogP contribution in [0.3, 0.4) is 0 Å². The molecule has 2 aromatic rings. The summed E-state index contributed by atoms with van der Waals surface area (Å²) in [6, 6.07) is 4.10. The number of carbonyl (C=O) groups excluding carboxylic acids is 8. The van der Waals surface area contributed by atoms with E-state index in [0.29, 0.717) is 43.5 Å². The third kappa shape index (κ3) is 50.2. The van der Waals surface area contributed by atoms with Crippen LogP contribution in [0.1, 0.15) is 183 Å². The van der Waals surface area contributed by atoms with Crippen LogP contribution in [0.15, 0.2) is 24.3 Å². The number of unbranched alkanes of at least 4 members (excludes halogenated alkanes) is 13. The van der Waals surface area contributed by atoms with Crippen molar-refractivity contribution in [3.8, 4) is 0 Å². The van der Waals surface area contributed by atoms with Crippen LogP contribution in [0, 0.1) is 5.92 Å². The van der Waals surface area contributed by atoms with Gasteiger partial charge in [-0.15, -0.1) is 10.2 Å². The van der Waals surface area contributed by atoms with E-state index < -0.39 is 94.7 Å². The number of sulfonamides is 1. The molecule has 3 unspecified atom stereocenters. The Kier molecular flexibility index (Phi) is 51.2. The zero-order valence-corrected chi connectivity index (χ0v) is 61.0. The van der Waals surface area contributed by atoms with Gasteiger partial charge in [0.05, 0.1) is 44.7 Å². The molecule has 1 aromatic carbocycles. The van der Waals surface area contributed by atoms with E-state index in [-0.39, 0.29) is 127 Å². The van der Waals surface area contributed by atoms with E-state index in [2.05, 4.69) is 107 Å². The summed E-state index contributed by atoms with van der Waals surface area (Å²) in [6.07, 6.45) is 15.2. The Morgan fingerprint density at radius 2 is 1.13 bits per heavy atom. The molecule has 3 atom stereocenters. The number of hydrogen-bond donors (Lipinski definition) is 10. The first-order chi connectivity index (χ1) is 44.0. The van der Waals surface area contributed by atoms with E-state index in [1.807, 2.05) is 0 Å². The first-order valence-electron chi connectivity index (χ1n) is 31.1. The predicted molar refractivity (Wildman–Crippen MR) is 363 cm³/mol. The summed E-state index contributed by atoms with van der Waals surface area (Å²) >= 11 is 7.39. The van der Waals surface area contributed by atoms with E-state index in [9.17, 15) is 66.6 Å². The number of carboxylic acid groups (broad SMARTS) is 2. The van der Waals surface area contributed by atoms with Crippen LogP contribution in [0.4, 0.5) is 5.69 Å². The molecule has 0 aliphatic heterocycles. The van der Waals surface area contributed by atoms with Gasteiger partial charge < -0.3 is 61.9 Å². The summed E-state index contributed by atoms with van der Waals surface area (Å²) < 4.78 is 48.2. The van der Waals surface area contributed by atoms with Crippen molar-refractivity contribution >= 4 is 135 Å². The normalized spacial score (nSPS) is 12.2. The second-order valence-electron chi connectivity index (χ2n) is 21.6. The summed E-state index contributed by atoms with van der Waals surface area (Å²) in [6.45, 7) is 0.0245. The molecule has 12 N–H and O–H groups in total. The summed E-state index contributed by atoms with van der Waals surface area (Å²) in [5.74, 6) is -7.74. The van der Waals surface area contributed by atoms with Gasteiger partial charge in [0, 0.05) is 75.9 Å². The number of amides is 6. The Bertz CT molecular complexity index is 2570. The number of aryl methyl sites for hydroxylation is 1. The molecular weight excluding hydrogens is 1600 g/mol. The molecule has 34 heteroatoms. The number of carbonyl (C=O) groups is 10. The standard InChI is InChI=1S/C58H95N11O18S.3HI.V/c59-45-26-23-43(24-27-45)56(77)62-31-15-14-19-48(55(60)76)63-54(75)42-87-38-35-84-33-16-18-46(70)28-29-49(58(80)81)64-52(73)30-25-44(57(78)79)40-47(71)41-86-37-36-85-34-32-61-51(72)22-17-39-88(82,83)67-53(74)21-13-11-9-7-5-3-1-2-4-6-8-10-12-20-50-65-68-69-66-50;;;;/h23-24,26-27,44,48-49H,1-22,25,28-42,59H2,(H2,60,76)(H,61,72)(H,62,77)(H,63,75)(H,64,73)(H,67,74)(H,78,79)(H,80,81)(H,65,66,68,69);3*1H;/q;;;;+3/p-3. The number of nitrogens with two attached hydrogens (primary N) is 2. The molecule has 0 spiro atoms. The summed E-state index contributed by atoms with van der Waals surface area (Å²) in [5, 5.41) is 43.5. The minimum absolute atomic E-state index is 0.00655. The SMILES string of the molecule is NC(=O)C(CCCCNC(=O)c1ccc(N)cc1)NC(=O)COCCOCCCC(=O)CCC(NC(=O)CCC(CC(=O)COCCOCCNC(=O)CCCS(=O)(=O)NC(=O)CCCCCCCCCCCCCCCc1nn[nH]n1)C(=O)O)C(=O)O.[I][V]([I])[I]. The molecule has 0 fully saturated rings. The average molecular weight is 1700 g/mol. The molecule has 522 valence electrons. The first kappa shape index (κ1) is 85.8. The summed E-state index contributed by atoms with van der Waals surface area (Å²) in [4.78, 5) is 122. The van der Waals surface area contributed by atoms with E-state index in [0.717, 1.165) is 44.3 Å². The fraction of sp³-hybridized carbons (Fsp3) is 0.707. The van der Waals surface area contributed by atoms with Gasteiger partial charge in [0.2, 0.25) is 39.6 Å². The van der Waals surface area contributed by atoms with Gasteiger partial charge in [-0.2, -0.15) is 5.21 Å². The Balaban J connectivity index is 0.0000103. The number of hydrogen-bond acceptors (Lipinski definition) is 20. The number of carboxylic acids is 2. The van der Waals surface area contributed by atoms with Crippen LogP contribution in [0.2, 0.25) is 0 Å². The van der Waals surface area contributed by atoms with Crippen molar-refractivity contribution in [3.05, 3.63) is 35.7 Å². The number of aliphatic carboxylic acids is 2. The average Bonchev–Trinajstić information content (AvgIpc) is 4.25. The molecule has 0 saturated heterocycles. The number of ketones is 2. The molecule has 1 aromatic heterocycles. The summed E-state index contributed by atoms with van der Waals surface area (Å²) in [5.41, 5.74) is 12.1. The number of halogens is 3. The number of ether oxygens (including phenoxy) is 4. The molecular formula is C58H95I3N11O18SV. The number of primary amides is 1. The minimum atomic E-state index is -3.88. The maximum absolute atomic E-state index is 12.6. The fourth-order valence-corrected chi connectivity index (χ4v) is 9.93. The molecule has 0 bridgehead atoms. The molecule has 92 heavy (non-hydrogen) atoms. The van der Waals surface area contributed by atoms with Gasteiger partial charge in [-0.25, -0.2) is 13.2 Å². The Labute approximate surface area is 577 Å². The molecule has 0 aliphatic carbocycles. The van der Waals surface area contributed by atoms with Gasteiger partial charge in [0.1, 0.15) is 31.1 Å². The van der Waals surface area contributed by atoms with Crippen molar-refractivity contribution in [2.45, 2.75) is 185 Å².